The molecule has 0 aliphatic carbocycles. The van der Waals surface area contributed by atoms with Crippen LogP contribution in [-0.2, 0) is 16.0 Å². The molecule has 1 aromatic carbocycles. The lowest BCUT2D eigenvalue weighted by molar-refractivity contribution is -0.133. The van der Waals surface area contributed by atoms with Crippen molar-refractivity contribution in [2.75, 3.05) is 25.0 Å². The molecule has 32 heavy (non-hydrogen) atoms. The van der Waals surface area contributed by atoms with Crippen LogP contribution in [0.15, 0.2) is 23.0 Å². The third kappa shape index (κ3) is 6.11. The van der Waals surface area contributed by atoms with E-state index in [4.69, 9.17) is 21.6 Å². The Hall–Kier alpha value is -3.31. The molecule has 170 valence electrons. The molecule has 2 N–H and O–H groups in total. The minimum Gasteiger partial charge on any atom is -0.482 e. The van der Waals surface area contributed by atoms with Crippen LogP contribution in [0.25, 0.3) is 0 Å². The maximum atomic E-state index is 12.4. The maximum absolute atomic E-state index is 12.4. The largest absolute Gasteiger partial charge is 0.482 e. The van der Waals surface area contributed by atoms with Crippen LogP contribution in [0.2, 0.25) is 5.02 Å². The van der Waals surface area contributed by atoms with Gasteiger partial charge in [-0.2, -0.15) is 5.26 Å². The highest BCUT2D eigenvalue weighted by Gasteiger charge is 2.15. The Kier molecular flexibility index (Phi) is 8.85. The summed E-state index contributed by atoms with van der Waals surface area (Å²) in [6.07, 6.45) is 0.532. The predicted molar refractivity (Wildman–Crippen MR) is 123 cm³/mol. The zero-order chi connectivity index (χ0) is 23.8. The number of benzene rings is 1. The number of aromatic nitrogens is 1. The number of halogens is 1. The monoisotopic (exact) mass is 458 g/mol. The molecule has 0 saturated heterocycles. The first-order valence-corrected chi connectivity index (χ1v) is 10.7. The molecule has 0 atom stereocenters. The van der Waals surface area contributed by atoms with Crippen LogP contribution in [0.3, 0.4) is 0 Å². The Morgan fingerprint density at radius 1 is 1.25 bits per heavy atom. The quantitative estimate of drug-likeness (QED) is 0.598. The molecule has 0 unspecified atom stereocenters. The highest BCUT2D eigenvalue weighted by molar-refractivity contribution is 6.32. The smallest absolute Gasteiger partial charge is 0.266 e. The summed E-state index contributed by atoms with van der Waals surface area (Å²) >= 11 is 6.24. The first-order valence-electron chi connectivity index (χ1n) is 10.3. The second kappa shape index (κ2) is 11.3. The Balaban J connectivity index is 1.99. The number of carbonyl (C=O) groups excluding carboxylic acids is 2. The number of hydrogen-bond donors (Lipinski definition) is 2. The average molecular weight is 459 g/mol. The third-order valence-electron chi connectivity index (χ3n) is 5.21. The molecule has 2 amide bonds. The van der Waals surface area contributed by atoms with Gasteiger partial charge >= 0.3 is 0 Å². The molecule has 1 aromatic heterocycles. The van der Waals surface area contributed by atoms with E-state index in [1.807, 2.05) is 19.9 Å². The lowest BCUT2D eigenvalue weighted by Gasteiger charge is -2.19. The predicted octanol–water partition coefficient (Wildman–Crippen LogP) is 3.34. The summed E-state index contributed by atoms with van der Waals surface area (Å²) in [5.74, 6) is -0.0144. The van der Waals surface area contributed by atoms with Crippen LogP contribution in [0.1, 0.15) is 42.7 Å². The number of amides is 2. The summed E-state index contributed by atoms with van der Waals surface area (Å²) in [6, 6.07) is 6.71. The zero-order valence-corrected chi connectivity index (χ0v) is 19.4. The van der Waals surface area contributed by atoms with Crippen LogP contribution in [0, 0.1) is 25.2 Å². The number of H-pyrrole nitrogens is 1. The molecule has 0 fully saturated rings. The van der Waals surface area contributed by atoms with E-state index in [0.29, 0.717) is 42.2 Å². The SMILES string of the molecule is CCN(CC)C(=O)COc1ccc(NC(=O)CCc2c(C)[nH]c(=O)c(C#N)c2C)cc1Cl. The van der Waals surface area contributed by atoms with Gasteiger partial charge in [0.15, 0.2) is 6.61 Å². The lowest BCUT2D eigenvalue weighted by atomic mass is 9.99. The van der Waals surface area contributed by atoms with Crippen molar-refractivity contribution >= 4 is 29.1 Å². The van der Waals surface area contributed by atoms with Crippen molar-refractivity contribution in [3.63, 3.8) is 0 Å². The van der Waals surface area contributed by atoms with Crippen LogP contribution < -0.4 is 15.6 Å². The van der Waals surface area contributed by atoms with E-state index in [-0.39, 0.29) is 35.4 Å². The highest BCUT2D eigenvalue weighted by Crippen LogP contribution is 2.28. The van der Waals surface area contributed by atoms with Crippen LogP contribution in [0.5, 0.6) is 5.75 Å². The number of aromatic amines is 1. The van der Waals surface area contributed by atoms with E-state index in [0.717, 1.165) is 5.56 Å². The fourth-order valence-electron chi connectivity index (χ4n) is 3.39. The van der Waals surface area contributed by atoms with Crippen molar-refractivity contribution in [1.29, 1.82) is 5.26 Å². The number of ether oxygens (including phenoxy) is 1. The molecule has 0 saturated carbocycles. The second-order valence-corrected chi connectivity index (χ2v) is 7.62. The number of hydrogen-bond acceptors (Lipinski definition) is 5. The standard InChI is InChI=1S/C23H27ClN4O4/c1-5-28(6-2)22(30)13-32-20-9-7-16(11-19(20)24)27-21(29)10-8-17-14(3)18(12-25)23(31)26-15(17)4/h7,9,11H,5-6,8,10,13H2,1-4H3,(H,26,31)(H,27,29). The summed E-state index contributed by atoms with van der Waals surface area (Å²) in [6.45, 7) is 8.34. The summed E-state index contributed by atoms with van der Waals surface area (Å²) in [7, 11) is 0. The van der Waals surface area contributed by atoms with Gasteiger partial charge in [-0.15, -0.1) is 0 Å². The minimum atomic E-state index is -0.425. The van der Waals surface area contributed by atoms with Crippen molar-refractivity contribution in [3.8, 4) is 11.8 Å². The Morgan fingerprint density at radius 2 is 1.94 bits per heavy atom. The van der Waals surface area contributed by atoms with Gasteiger partial charge in [-0.3, -0.25) is 14.4 Å². The number of nitrogens with zero attached hydrogens (tertiary/aromatic N) is 2. The number of likely N-dealkylation sites (N-methyl/N-ethyl adjacent to an activating group) is 1. The van der Waals surface area contributed by atoms with Gasteiger partial charge in [0.1, 0.15) is 17.4 Å². The number of rotatable bonds is 9. The van der Waals surface area contributed by atoms with E-state index in [1.54, 1.807) is 36.9 Å². The van der Waals surface area contributed by atoms with Gasteiger partial charge in [-0.25, -0.2) is 0 Å². The van der Waals surface area contributed by atoms with Crippen LogP contribution in [-0.4, -0.2) is 41.4 Å². The summed E-state index contributed by atoms with van der Waals surface area (Å²) in [5, 5.41) is 12.2. The third-order valence-corrected chi connectivity index (χ3v) is 5.50. The summed E-state index contributed by atoms with van der Waals surface area (Å²) < 4.78 is 5.52. The zero-order valence-electron chi connectivity index (χ0n) is 18.7. The average Bonchev–Trinajstić information content (AvgIpc) is 2.74. The molecule has 2 rings (SSSR count). The number of nitrogens with one attached hydrogen (secondary N) is 2. The summed E-state index contributed by atoms with van der Waals surface area (Å²) in [5.41, 5.74) is 2.14. The fraction of sp³-hybridized carbons (Fsp3) is 0.391. The van der Waals surface area contributed by atoms with Crippen molar-refractivity contribution in [2.45, 2.75) is 40.5 Å². The van der Waals surface area contributed by atoms with E-state index >= 15 is 0 Å². The molecule has 0 spiro atoms. The van der Waals surface area contributed by atoms with Gasteiger partial charge < -0.3 is 19.9 Å². The van der Waals surface area contributed by atoms with Gasteiger partial charge in [0.2, 0.25) is 5.91 Å². The molecule has 0 radical (unpaired) electrons. The van der Waals surface area contributed by atoms with Gasteiger partial charge in [-0.05, 0) is 63.4 Å². The molecule has 0 aliphatic rings. The maximum Gasteiger partial charge on any atom is 0.266 e. The van der Waals surface area contributed by atoms with E-state index in [1.165, 1.54) is 0 Å². The Bertz CT molecular complexity index is 1100. The number of carbonyl (C=O) groups is 2. The first kappa shape index (κ1) is 25.0. The van der Waals surface area contributed by atoms with Crippen LogP contribution in [0.4, 0.5) is 5.69 Å². The first-order chi connectivity index (χ1) is 15.2. The molecule has 9 heteroatoms. The van der Waals surface area contributed by atoms with Gasteiger partial charge in [-0.1, -0.05) is 11.6 Å². The van der Waals surface area contributed by atoms with Gasteiger partial charge in [0.25, 0.3) is 11.5 Å². The number of anilines is 1. The molecule has 0 bridgehead atoms. The van der Waals surface area contributed by atoms with Crippen molar-refractivity contribution in [3.05, 3.63) is 56.0 Å². The van der Waals surface area contributed by atoms with E-state index in [9.17, 15) is 14.4 Å². The number of pyridine rings is 1. The Morgan fingerprint density at radius 3 is 2.53 bits per heavy atom. The molecule has 1 heterocycles. The molecule has 0 aliphatic heterocycles. The van der Waals surface area contributed by atoms with Crippen molar-refractivity contribution in [2.24, 2.45) is 0 Å². The van der Waals surface area contributed by atoms with E-state index < -0.39 is 5.56 Å². The minimum absolute atomic E-state index is 0.0628. The second-order valence-electron chi connectivity index (χ2n) is 7.22. The van der Waals surface area contributed by atoms with Gasteiger partial charge in [0, 0.05) is 30.9 Å². The van der Waals surface area contributed by atoms with Crippen molar-refractivity contribution < 1.29 is 14.3 Å². The topological polar surface area (TPSA) is 115 Å². The summed E-state index contributed by atoms with van der Waals surface area (Å²) in [4.78, 5) is 40.6. The van der Waals surface area contributed by atoms with Crippen molar-refractivity contribution in [1.82, 2.24) is 9.88 Å². The van der Waals surface area contributed by atoms with Gasteiger partial charge in [0.05, 0.1) is 5.02 Å². The molecular weight excluding hydrogens is 432 g/mol. The van der Waals surface area contributed by atoms with Crippen LogP contribution >= 0.6 is 11.6 Å². The lowest BCUT2D eigenvalue weighted by Crippen LogP contribution is -2.34. The molecular formula is C23H27ClN4O4. The Labute approximate surface area is 192 Å². The molecule has 8 nitrogen and oxygen atoms in total. The normalized spacial score (nSPS) is 10.4. The highest BCUT2D eigenvalue weighted by atomic mass is 35.5. The van der Waals surface area contributed by atoms with E-state index in [2.05, 4.69) is 10.3 Å². The fourth-order valence-corrected chi connectivity index (χ4v) is 3.62. The number of nitriles is 1. The number of aryl methyl sites for hydroxylation is 1. The molecule has 2 aromatic rings.